The van der Waals surface area contributed by atoms with Crippen molar-refractivity contribution in [2.45, 2.75) is 45.4 Å². The summed E-state index contributed by atoms with van der Waals surface area (Å²) < 4.78 is 5.95. The van der Waals surface area contributed by atoms with Crippen molar-refractivity contribution in [2.24, 2.45) is 11.8 Å². The summed E-state index contributed by atoms with van der Waals surface area (Å²) in [6, 6.07) is 4.60. The zero-order valence-electron chi connectivity index (χ0n) is 11.8. The predicted molar refractivity (Wildman–Crippen MR) is 73.5 cm³/mol. The van der Waals surface area contributed by atoms with Gasteiger partial charge in [0.05, 0.1) is 12.2 Å². The Labute approximate surface area is 110 Å². The second-order valence-corrected chi connectivity index (χ2v) is 5.44. The van der Waals surface area contributed by atoms with Gasteiger partial charge >= 0.3 is 0 Å². The van der Waals surface area contributed by atoms with E-state index in [0.717, 1.165) is 6.42 Å². The molecule has 0 spiro atoms. The molecule has 1 aliphatic rings. The fraction of sp³-hybridized carbons (Fsp3) is 0.667. The standard InChI is InChI=1S/C15H24N2O/c1-10-11(2)18-12(3)15(10)14(16-4)8-13-6-5-7-17-9-13/h5-7,9-12,14-16H,8H2,1-4H3. The number of hydrogen-bond acceptors (Lipinski definition) is 3. The summed E-state index contributed by atoms with van der Waals surface area (Å²) in [5.41, 5.74) is 1.29. The van der Waals surface area contributed by atoms with Crippen molar-refractivity contribution in [3.05, 3.63) is 30.1 Å². The van der Waals surface area contributed by atoms with Crippen LogP contribution in [0.15, 0.2) is 24.5 Å². The van der Waals surface area contributed by atoms with Gasteiger partial charge in [-0.25, -0.2) is 0 Å². The molecule has 0 bridgehead atoms. The Morgan fingerprint density at radius 3 is 2.61 bits per heavy atom. The third-order valence-electron chi connectivity index (χ3n) is 4.33. The summed E-state index contributed by atoms with van der Waals surface area (Å²) >= 11 is 0. The van der Waals surface area contributed by atoms with Crippen LogP contribution in [0, 0.1) is 11.8 Å². The van der Waals surface area contributed by atoms with Crippen molar-refractivity contribution in [1.82, 2.24) is 10.3 Å². The highest BCUT2D eigenvalue weighted by molar-refractivity contribution is 5.11. The molecule has 2 rings (SSSR count). The van der Waals surface area contributed by atoms with Crippen LogP contribution in [0.3, 0.4) is 0 Å². The van der Waals surface area contributed by atoms with E-state index >= 15 is 0 Å². The van der Waals surface area contributed by atoms with Crippen LogP contribution in [-0.2, 0) is 11.2 Å². The van der Waals surface area contributed by atoms with Crippen LogP contribution in [0.25, 0.3) is 0 Å². The second kappa shape index (κ2) is 5.81. The first-order valence-corrected chi connectivity index (χ1v) is 6.85. The Bertz CT molecular complexity index is 368. The lowest BCUT2D eigenvalue weighted by Crippen LogP contribution is -2.41. The van der Waals surface area contributed by atoms with Gasteiger partial charge in [0.25, 0.3) is 0 Å². The Hall–Kier alpha value is -0.930. The topological polar surface area (TPSA) is 34.2 Å². The van der Waals surface area contributed by atoms with Crippen LogP contribution in [0.4, 0.5) is 0 Å². The molecule has 0 radical (unpaired) electrons. The molecule has 18 heavy (non-hydrogen) atoms. The summed E-state index contributed by atoms with van der Waals surface area (Å²) in [7, 11) is 2.05. The monoisotopic (exact) mass is 248 g/mol. The van der Waals surface area contributed by atoms with Crippen LogP contribution in [0.1, 0.15) is 26.3 Å². The summed E-state index contributed by atoms with van der Waals surface area (Å²) in [5.74, 6) is 1.15. The largest absolute Gasteiger partial charge is 0.375 e. The molecule has 5 unspecified atom stereocenters. The highest BCUT2D eigenvalue weighted by Gasteiger charge is 2.40. The summed E-state index contributed by atoms with van der Waals surface area (Å²) in [6.45, 7) is 6.67. The van der Waals surface area contributed by atoms with Crippen molar-refractivity contribution in [2.75, 3.05) is 7.05 Å². The molecule has 0 aromatic carbocycles. The number of likely N-dealkylation sites (N-methyl/N-ethyl adjacent to an activating group) is 1. The highest BCUT2D eigenvalue weighted by Crippen LogP contribution is 2.35. The fourth-order valence-electron chi connectivity index (χ4n) is 3.19. The molecule has 1 fully saturated rings. The van der Waals surface area contributed by atoms with Gasteiger partial charge in [-0.2, -0.15) is 0 Å². The van der Waals surface area contributed by atoms with E-state index in [9.17, 15) is 0 Å². The predicted octanol–water partition coefficient (Wildman–Crippen LogP) is 2.27. The second-order valence-electron chi connectivity index (χ2n) is 5.44. The number of pyridine rings is 1. The van der Waals surface area contributed by atoms with E-state index in [2.05, 4.69) is 37.1 Å². The maximum atomic E-state index is 5.95. The van der Waals surface area contributed by atoms with E-state index in [1.807, 2.05) is 25.5 Å². The zero-order valence-corrected chi connectivity index (χ0v) is 11.8. The number of rotatable bonds is 4. The Kier molecular flexibility index (Phi) is 4.36. The quantitative estimate of drug-likeness (QED) is 0.887. The molecule has 3 heteroatoms. The molecule has 1 aliphatic heterocycles. The van der Waals surface area contributed by atoms with E-state index in [1.165, 1.54) is 5.56 Å². The fourth-order valence-corrected chi connectivity index (χ4v) is 3.19. The smallest absolute Gasteiger partial charge is 0.0597 e. The van der Waals surface area contributed by atoms with E-state index in [0.29, 0.717) is 30.1 Å². The lowest BCUT2D eigenvalue weighted by Gasteiger charge is -2.28. The maximum Gasteiger partial charge on any atom is 0.0597 e. The summed E-state index contributed by atoms with van der Waals surface area (Å²) in [6.07, 6.45) is 5.47. The summed E-state index contributed by atoms with van der Waals surface area (Å²) in [4.78, 5) is 4.19. The maximum absolute atomic E-state index is 5.95. The number of nitrogens with zero attached hydrogens (tertiary/aromatic N) is 1. The van der Waals surface area contributed by atoms with Crippen molar-refractivity contribution in [3.63, 3.8) is 0 Å². The van der Waals surface area contributed by atoms with Crippen molar-refractivity contribution >= 4 is 0 Å². The average Bonchev–Trinajstić information content (AvgIpc) is 2.62. The molecular formula is C15H24N2O. The lowest BCUT2D eigenvalue weighted by molar-refractivity contribution is 0.0479. The Morgan fingerprint density at radius 1 is 1.33 bits per heavy atom. The molecule has 0 saturated carbocycles. The number of nitrogens with one attached hydrogen (secondary N) is 1. The van der Waals surface area contributed by atoms with Crippen LogP contribution in [0.5, 0.6) is 0 Å². The number of ether oxygens (including phenoxy) is 1. The third-order valence-corrected chi connectivity index (χ3v) is 4.33. The van der Waals surface area contributed by atoms with Gasteiger partial charge in [-0.3, -0.25) is 4.98 Å². The van der Waals surface area contributed by atoms with Crippen LogP contribution in [-0.4, -0.2) is 30.3 Å². The molecular weight excluding hydrogens is 224 g/mol. The van der Waals surface area contributed by atoms with Gasteiger partial charge < -0.3 is 10.1 Å². The molecule has 1 N–H and O–H groups in total. The Morgan fingerprint density at radius 2 is 2.11 bits per heavy atom. The molecule has 5 atom stereocenters. The zero-order chi connectivity index (χ0) is 13.1. The molecule has 3 nitrogen and oxygen atoms in total. The van der Waals surface area contributed by atoms with Gasteiger partial charge in [-0.05, 0) is 44.9 Å². The SMILES string of the molecule is CNC(Cc1cccnc1)C1C(C)OC(C)C1C. The van der Waals surface area contributed by atoms with Gasteiger partial charge in [-0.15, -0.1) is 0 Å². The van der Waals surface area contributed by atoms with Crippen LogP contribution < -0.4 is 5.32 Å². The minimum absolute atomic E-state index is 0.323. The number of aromatic nitrogens is 1. The van der Waals surface area contributed by atoms with Crippen molar-refractivity contribution in [3.8, 4) is 0 Å². The van der Waals surface area contributed by atoms with E-state index in [1.54, 1.807) is 0 Å². The minimum atomic E-state index is 0.323. The van der Waals surface area contributed by atoms with Crippen LogP contribution >= 0.6 is 0 Å². The van der Waals surface area contributed by atoms with Gasteiger partial charge in [0.15, 0.2) is 0 Å². The first-order chi connectivity index (χ1) is 8.63. The number of hydrogen-bond donors (Lipinski definition) is 1. The van der Waals surface area contributed by atoms with Gasteiger partial charge in [0, 0.05) is 24.4 Å². The normalized spacial score (nSPS) is 33.6. The van der Waals surface area contributed by atoms with E-state index < -0.39 is 0 Å². The molecule has 2 heterocycles. The molecule has 100 valence electrons. The van der Waals surface area contributed by atoms with Crippen LogP contribution in [0.2, 0.25) is 0 Å². The summed E-state index contributed by atoms with van der Waals surface area (Å²) in [5, 5.41) is 3.47. The molecule has 0 aliphatic carbocycles. The molecule has 1 saturated heterocycles. The first-order valence-electron chi connectivity index (χ1n) is 6.85. The van der Waals surface area contributed by atoms with E-state index in [4.69, 9.17) is 4.74 Å². The van der Waals surface area contributed by atoms with Gasteiger partial charge in [0.1, 0.15) is 0 Å². The van der Waals surface area contributed by atoms with Crippen molar-refractivity contribution < 1.29 is 4.74 Å². The molecule has 1 aromatic rings. The minimum Gasteiger partial charge on any atom is -0.375 e. The molecule has 0 amide bonds. The van der Waals surface area contributed by atoms with Crippen molar-refractivity contribution in [1.29, 1.82) is 0 Å². The van der Waals surface area contributed by atoms with Gasteiger partial charge in [-0.1, -0.05) is 13.0 Å². The Balaban J connectivity index is 2.09. The molecule has 1 aromatic heterocycles. The highest BCUT2D eigenvalue weighted by atomic mass is 16.5. The third kappa shape index (κ3) is 2.73. The first kappa shape index (κ1) is 13.5. The van der Waals surface area contributed by atoms with E-state index in [-0.39, 0.29) is 0 Å². The van der Waals surface area contributed by atoms with Gasteiger partial charge in [0.2, 0.25) is 0 Å². The lowest BCUT2D eigenvalue weighted by atomic mass is 9.81. The average molecular weight is 248 g/mol.